The predicted molar refractivity (Wildman–Crippen MR) is 85.2 cm³/mol. The number of aryl methyl sites for hydroxylation is 1. The highest BCUT2D eigenvalue weighted by Gasteiger charge is 2.05. The van der Waals surface area contributed by atoms with Crippen LogP contribution in [0.2, 0.25) is 0 Å². The fourth-order valence-corrected chi connectivity index (χ4v) is 2.30. The lowest BCUT2D eigenvalue weighted by Gasteiger charge is -2.10. The van der Waals surface area contributed by atoms with Crippen LogP contribution in [0, 0.1) is 6.92 Å². The highest BCUT2D eigenvalue weighted by molar-refractivity contribution is 9.10. The van der Waals surface area contributed by atoms with E-state index in [-0.39, 0.29) is 0 Å². The molecule has 0 saturated carbocycles. The van der Waals surface area contributed by atoms with Gasteiger partial charge in [0.15, 0.2) is 0 Å². The van der Waals surface area contributed by atoms with E-state index in [0.717, 1.165) is 22.5 Å². The zero-order chi connectivity index (χ0) is 14.5. The molecule has 1 N–H and O–H groups in total. The molecule has 2 rings (SSSR count). The lowest BCUT2D eigenvalue weighted by atomic mass is 10.2. The molecule has 0 atom stereocenters. The Kier molecular flexibility index (Phi) is 5.15. The summed E-state index contributed by atoms with van der Waals surface area (Å²) in [5, 5.41) is 3.34. The third-order valence-electron chi connectivity index (χ3n) is 2.77. The predicted octanol–water partition coefficient (Wildman–Crippen LogP) is 4.44. The van der Waals surface area contributed by atoms with E-state index in [0.29, 0.717) is 11.9 Å². The molecular weight excluding hydrogens is 316 g/mol. The Morgan fingerprint density at radius 2 is 2.05 bits per heavy atom. The highest BCUT2D eigenvalue weighted by Crippen LogP contribution is 2.29. The van der Waals surface area contributed by atoms with Gasteiger partial charge in [-0.05, 0) is 46.6 Å². The number of hydrogen-bond acceptors (Lipinski definition) is 3. The van der Waals surface area contributed by atoms with Crippen LogP contribution >= 0.6 is 15.9 Å². The summed E-state index contributed by atoms with van der Waals surface area (Å²) in [6, 6.07) is 12.2. The first-order valence-corrected chi connectivity index (χ1v) is 7.47. The summed E-state index contributed by atoms with van der Waals surface area (Å²) in [6.07, 6.45) is 0. The average molecular weight is 335 g/mol. The number of rotatable bonds is 5. The molecule has 0 aliphatic heterocycles. The highest BCUT2D eigenvalue weighted by atomic mass is 79.9. The van der Waals surface area contributed by atoms with Crippen LogP contribution in [0.5, 0.6) is 11.6 Å². The maximum atomic E-state index is 5.83. The normalized spacial score (nSPS) is 10.8. The summed E-state index contributed by atoms with van der Waals surface area (Å²) < 4.78 is 6.76. The Balaban J connectivity index is 2.11. The van der Waals surface area contributed by atoms with Crippen LogP contribution in [-0.4, -0.2) is 11.0 Å². The van der Waals surface area contributed by atoms with Crippen molar-refractivity contribution >= 4 is 15.9 Å². The number of benzene rings is 1. The SMILES string of the molecule is Cc1ccc(Oc2cccc(CNC(C)C)n2)c(Br)c1. The summed E-state index contributed by atoms with van der Waals surface area (Å²) in [6.45, 7) is 7.02. The maximum absolute atomic E-state index is 5.83. The average Bonchev–Trinajstić information content (AvgIpc) is 2.40. The van der Waals surface area contributed by atoms with Crippen LogP contribution in [0.1, 0.15) is 25.1 Å². The molecule has 20 heavy (non-hydrogen) atoms. The van der Waals surface area contributed by atoms with Gasteiger partial charge in [-0.25, -0.2) is 4.98 Å². The molecular formula is C16H19BrN2O. The molecule has 1 aromatic heterocycles. The van der Waals surface area contributed by atoms with Crippen LogP contribution in [0.25, 0.3) is 0 Å². The molecule has 0 saturated heterocycles. The molecule has 0 radical (unpaired) electrons. The number of hydrogen-bond donors (Lipinski definition) is 1. The molecule has 0 aliphatic rings. The van der Waals surface area contributed by atoms with Crippen molar-refractivity contribution in [3.8, 4) is 11.6 Å². The third-order valence-corrected chi connectivity index (χ3v) is 3.39. The second-order valence-corrected chi connectivity index (χ2v) is 5.89. The largest absolute Gasteiger partial charge is 0.438 e. The number of aromatic nitrogens is 1. The fourth-order valence-electron chi connectivity index (χ4n) is 1.72. The second-order valence-electron chi connectivity index (χ2n) is 5.04. The molecule has 2 aromatic rings. The van der Waals surface area contributed by atoms with E-state index in [9.17, 15) is 0 Å². The standard InChI is InChI=1S/C16H19BrN2O/c1-11(2)18-10-13-5-4-6-16(19-13)20-15-8-7-12(3)9-14(15)17/h4-9,11,18H,10H2,1-3H3. The minimum atomic E-state index is 0.438. The van der Waals surface area contributed by atoms with E-state index in [1.807, 2.05) is 43.3 Å². The van der Waals surface area contributed by atoms with Crippen LogP contribution in [0.3, 0.4) is 0 Å². The molecule has 4 heteroatoms. The van der Waals surface area contributed by atoms with E-state index < -0.39 is 0 Å². The van der Waals surface area contributed by atoms with E-state index in [2.05, 4.69) is 40.1 Å². The minimum Gasteiger partial charge on any atom is -0.438 e. The van der Waals surface area contributed by atoms with Crippen molar-refractivity contribution in [1.82, 2.24) is 10.3 Å². The first-order chi connectivity index (χ1) is 9.54. The van der Waals surface area contributed by atoms with Crippen molar-refractivity contribution < 1.29 is 4.74 Å². The number of ether oxygens (including phenoxy) is 1. The Bertz CT molecular complexity index is 584. The van der Waals surface area contributed by atoms with Gasteiger partial charge in [0.2, 0.25) is 5.88 Å². The summed E-state index contributed by atoms with van der Waals surface area (Å²) in [5.74, 6) is 1.38. The molecule has 3 nitrogen and oxygen atoms in total. The molecule has 0 aliphatic carbocycles. The maximum Gasteiger partial charge on any atom is 0.219 e. The van der Waals surface area contributed by atoms with Crippen LogP contribution in [0.15, 0.2) is 40.9 Å². The molecule has 0 bridgehead atoms. The van der Waals surface area contributed by atoms with Gasteiger partial charge in [0.05, 0.1) is 10.2 Å². The van der Waals surface area contributed by atoms with Crippen molar-refractivity contribution in [3.05, 3.63) is 52.1 Å². The van der Waals surface area contributed by atoms with Gasteiger partial charge in [-0.2, -0.15) is 0 Å². The molecule has 0 unspecified atom stereocenters. The zero-order valence-electron chi connectivity index (χ0n) is 12.0. The summed E-state index contributed by atoms with van der Waals surface area (Å²) in [7, 11) is 0. The molecule has 0 spiro atoms. The van der Waals surface area contributed by atoms with Crippen molar-refractivity contribution in [2.45, 2.75) is 33.4 Å². The Labute approximate surface area is 128 Å². The van der Waals surface area contributed by atoms with Gasteiger partial charge in [0.25, 0.3) is 0 Å². The first kappa shape index (κ1) is 15.0. The van der Waals surface area contributed by atoms with E-state index >= 15 is 0 Å². The van der Waals surface area contributed by atoms with Crippen LogP contribution in [0.4, 0.5) is 0 Å². The van der Waals surface area contributed by atoms with Crippen molar-refractivity contribution in [3.63, 3.8) is 0 Å². The Morgan fingerprint density at radius 3 is 2.75 bits per heavy atom. The van der Waals surface area contributed by atoms with Gasteiger partial charge in [-0.1, -0.05) is 26.0 Å². The molecule has 106 valence electrons. The van der Waals surface area contributed by atoms with Gasteiger partial charge in [-0.15, -0.1) is 0 Å². The number of pyridine rings is 1. The number of halogens is 1. The van der Waals surface area contributed by atoms with E-state index in [4.69, 9.17) is 4.74 Å². The van der Waals surface area contributed by atoms with E-state index in [1.54, 1.807) is 0 Å². The summed E-state index contributed by atoms with van der Waals surface area (Å²) in [4.78, 5) is 4.50. The second kappa shape index (κ2) is 6.86. The van der Waals surface area contributed by atoms with Crippen molar-refractivity contribution in [1.29, 1.82) is 0 Å². The Hall–Kier alpha value is -1.39. The number of nitrogens with one attached hydrogen (secondary N) is 1. The molecule has 1 aromatic carbocycles. The molecule has 1 heterocycles. The van der Waals surface area contributed by atoms with Crippen LogP contribution in [-0.2, 0) is 6.54 Å². The van der Waals surface area contributed by atoms with Crippen molar-refractivity contribution in [2.24, 2.45) is 0 Å². The van der Waals surface area contributed by atoms with Gasteiger partial charge < -0.3 is 10.1 Å². The monoisotopic (exact) mass is 334 g/mol. The van der Waals surface area contributed by atoms with Gasteiger partial charge >= 0.3 is 0 Å². The zero-order valence-corrected chi connectivity index (χ0v) is 13.6. The fraction of sp³-hybridized carbons (Fsp3) is 0.312. The lowest BCUT2D eigenvalue weighted by molar-refractivity contribution is 0.455. The lowest BCUT2D eigenvalue weighted by Crippen LogP contribution is -2.22. The van der Waals surface area contributed by atoms with Gasteiger partial charge in [-0.3, -0.25) is 0 Å². The van der Waals surface area contributed by atoms with Crippen molar-refractivity contribution in [2.75, 3.05) is 0 Å². The van der Waals surface area contributed by atoms with Gasteiger partial charge in [0, 0.05) is 18.7 Å². The topological polar surface area (TPSA) is 34.1 Å². The third kappa shape index (κ3) is 4.32. The summed E-state index contributed by atoms with van der Waals surface area (Å²) >= 11 is 3.51. The molecule has 0 fully saturated rings. The minimum absolute atomic E-state index is 0.438. The first-order valence-electron chi connectivity index (χ1n) is 6.68. The Morgan fingerprint density at radius 1 is 1.25 bits per heavy atom. The summed E-state index contributed by atoms with van der Waals surface area (Å²) in [5.41, 5.74) is 2.16. The van der Waals surface area contributed by atoms with Crippen LogP contribution < -0.4 is 10.1 Å². The van der Waals surface area contributed by atoms with E-state index in [1.165, 1.54) is 5.56 Å². The number of nitrogens with zero attached hydrogens (tertiary/aromatic N) is 1. The quantitative estimate of drug-likeness (QED) is 0.877. The molecule has 0 amide bonds. The van der Waals surface area contributed by atoms with Gasteiger partial charge in [0.1, 0.15) is 5.75 Å². The smallest absolute Gasteiger partial charge is 0.219 e.